The van der Waals surface area contributed by atoms with E-state index < -0.39 is 95.8 Å². The fourth-order valence-corrected chi connectivity index (χ4v) is 12.7. The van der Waals surface area contributed by atoms with Gasteiger partial charge in [-0.15, -0.1) is 0 Å². The van der Waals surface area contributed by atoms with Crippen molar-refractivity contribution in [3.63, 3.8) is 0 Å². The van der Waals surface area contributed by atoms with Crippen molar-refractivity contribution in [2.45, 2.75) is 228 Å². The number of aliphatic hydroxyl groups excluding tert-OH is 1. The quantitative estimate of drug-likeness (QED) is 0.0314. The van der Waals surface area contributed by atoms with Crippen LogP contribution in [0.25, 0.3) is 0 Å². The van der Waals surface area contributed by atoms with Crippen LogP contribution in [0.15, 0.2) is 66.3 Å². The molecule has 20 heteroatoms. The Labute approximate surface area is 549 Å². The number of hydrogen-bond acceptors (Lipinski definition) is 15. The standard InChI is InChI=1S/C72H114N6O14/c1-19-21-35-72(13,14)76-61(80)40-73-58-37-51(29-30-54(58)38-62(81)92-55-24-23-36-89-43-90-42-55)41-91-71(86)78(16)64(46(7)8)69(84)75-63(45(5)6)70(85)77(15)65(47(9)20-2)60(87-17)39-59(79)56-25-22-26-57(56)67(88-18)49(11)68(83)74-50(12)66(82)53-33-31-52(32-34-53)48(10)28-27-44(3)4/h23-24,27,29-34,37,45-50,55-57,60,63-67,73,82H,19-22,25-26,28,35-36,38-43H2,1-18H3,(H,74,83)(H,75,84)(H,76,80)/b24-23+/t47-,48?,49?,50+,55?,56?,57?,60?,63?,64-,65?,66+,67?/m0/s1. The Kier molecular flexibility index (Phi) is 32.5. The number of allylic oxidation sites excluding steroid dienone is 2. The molecule has 0 radical (unpaired) electrons. The lowest BCUT2D eigenvalue weighted by molar-refractivity contribution is -0.151. The maximum Gasteiger partial charge on any atom is 0.410 e. The van der Waals surface area contributed by atoms with E-state index in [9.17, 15) is 38.7 Å². The number of aliphatic hydroxyl groups is 1. The number of unbranched alkanes of at least 4 members (excludes halogenated alkanes) is 1. The minimum Gasteiger partial charge on any atom is -0.455 e. The van der Waals surface area contributed by atoms with Gasteiger partial charge < -0.3 is 59.7 Å². The molecule has 1 heterocycles. The van der Waals surface area contributed by atoms with Gasteiger partial charge in [-0.1, -0.05) is 142 Å². The summed E-state index contributed by atoms with van der Waals surface area (Å²) in [6.45, 7) is 27.4. The number of esters is 1. The molecule has 2 aromatic carbocycles. The topological polar surface area (TPSA) is 250 Å². The monoisotopic (exact) mass is 1290 g/mol. The SMILES string of the molecule is CCCCC(C)(C)NC(=O)CNc1cc(COC(=O)N(C)[C@H](C(=O)NC(C(=O)N(C)C(C(CC(=O)C2CCCC2C(OC)C(C)C(=O)N[C@H](C)[C@@H](O)c2ccc(C(C)CC=C(C)C)cc2)OC)[C@@H](C)CC)C(C)C)C(C)C)ccc1CC(=O)OC1/C=C/COCOC1. The molecule has 2 aliphatic rings. The fourth-order valence-electron chi connectivity index (χ4n) is 12.7. The number of methoxy groups -OCH3 is 2. The van der Waals surface area contributed by atoms with Gasteiger partial charge in [0.25, 0.3) is 0 Å². The summed E-state index contributed by atoms with van der Waals surface area (Å²) in [7, 11) is 6.24. The Morgan fingerprint density at radius 1 is 0.837 bits per heavy atom. The first kappa shape index (κ1) is 78.3. The summed E-state index contributed by atoms with van der Waals surface area (Å²) in [4.78, 5) is 102. The minimum absolute atomic E-state index is 0.00509. The third-order valence-corrected chi connectivity index (χ3v) is 18.3. The van der Waals surface area contributed by atoms with Crippen LogP contribution in [-0.2, 0) is 70.2 Å². The third kappa shape index (κ3) is 23.7. The largest absolute Gasteiger partial charge is 0.455 e. The van der Waals surface area contributed by atoms with Crippen LogP contribution in [0.1, 0.15) is 189 Å². The minimum atomic E-state index is -1.07. The van der Waals surface area contributed by atoms with Crippen LogP contribution in [-0.4, -0.2) is 159 Å². The Morgan fingerprint density at radius 3 is 2.14 bits per heavy atom. The molecule has 1 saturated carbocycles. The number of anilines is 1. The average Bonchev–Trinajstić information content (AvgIpc) is 1.36. The lowest BCUT2D eigenvalue weighted by Gasteiger charge is -2.40. The van der Waals surface area contributed by atoms with E-state index in [1.165, 1.54) is 30.2 Å². The van der Waals surface area contributed by atoms with Crippen molar-refractivity contribution >= 4 is 47.2 Å². The predicted molar refractivity (Wildman–Crippen MR) is 358 cm³/mol. The number of hydrogen-bond donors (Lipinski definition) is 5. The molecule has 20 nitrogen and oxygen atoms in total. The number of benzene rings is 2. The van der Waals surface area contributed by atoms with Crippen molar-refractivity contribution in [3.8, 4) is 0 Å². The Morgan fingerprint density at radius 2 is 1.52 bits per heavy atom. The van der Waals surface area contributed by atoms with E-state index in [0.717, 1.165) is 32.1 Å². The molecule has 1 aliphatic carbocycles. The molecule has 13 atom stereocenters. The molecule has 2 aromatic rings. The number of rotatable bonds is 36. The molecule has 0 bridgehead atoms. The average molecular weight is 1290 g/mol. The second-order valence-electron chi connectivity index (χ2n) is 27.2. The maximum absolute atomic E-state index is 14.9. The summed E-state index contributed by atoms with van der Waals surface area (Å²) in [5.41, 5.74) is 4.25. The van der Waals surface area contributed by atoms with Gasteiger partial charge in [0, 0.05) is 51.9 Å². The van der Waals surface area contributed by atoms with E-state index >= 15 is 0 Å². The summed E-state index contributed by atoms with van der Waals surface area (Å²) < 4.78 is 34.5. The van der Waals surface area contributed by atoms with Gasteiger partial charge >= 0.3 is 12.1 Å². The van der Waals surface area contributed by atoms with Crippen molar-refractivity contribution in [1.82, 2.24) is 25.8 Å². The first-order chi connectivity index (χ1) is 43.5. The van der Waals surface area contributed by atoms with Gasteiger partial charge in [-0.3, -0.25) is 33.7 Å². The number of ether oxygens (including phenoxy) is 6. The number of carbonyl (C=O) groups excluding carboxylic acids is 7. The first-order valence-corrected chi connectivity index (χ1v) is 33.4. The number of carbonyl (C=O) groups is 7. The number of likely N-dealkylation sites (N-methyl/N-ethyl adjacent to an activating group) is 2. The zero-order valence-electron chi connectivity index (χ0n) is 58.7. The summed E-state index contributed by atoms with van der Waals surface area (Å²) in [6.07, 6.45) is 8.21. The van der Waals surface area contributed by atoms with Crippen molar-refractivity contribution < 1.29 is 67.1 Å². The molecule has 516 valence electrons. The molecule has 0 saturated heterocycles. The number of nitrogens with one attached hydrogen (secondary N) is 4. The highest BCUT2D eigenvalue weighted by atomic mass is 16.7. The normalized spacial score (nSPS) is 19.6. The zero-order chi connectivity index (χ0) is 68.6. The van der Waals surface area contributed by atoms with Crippen LogP contribution in [0.5, 0.6) is 0 Å². The number of nitrogens with zero attached hydrogens (tertiary/aromatic N) is 2. The maximum atomic E-state index is 14.9. The number of Topliss-reactive ketones (excluding diaryl/α,β-unsaturated/α-hetero) is 1. The van der Waals surface area contributed by atoms with E-state index in [1.54, 1.807) is 77.1 Å². The number of ketones is 1. The Hall–Kier alpha value is -6.19. The van der Waals surface area contributed by atoms with Crippen LogP contribution >= 0.6 is 0 Å². The van der Waals surface area contributed by atoms with Gasteiger partial charge in [-0.25, -0.2) is 4.79 Å². The first-order valence-electron chi connectivity index (χ1n) is 33.4. The molecular weight excluding hydrogens is 1170 g/mol. The molecule has 1 aliphatic heterocycles. The van der Waals surface area contributed by atoms with Crippen LogP contribution in [0.2, 0.25) is 0 Å². The lowest BCUT2D eigenvalue weighted by Crippen LogP contribution is -2.60. The van der Waals surface area contributed by atoms with Crippen molar-refractivity contribution in [1.29, 1.82) is 0 Å². The van der Waals surface area contributed by atoms with Crippen LogP contribution < -0.4 is 21.3 Å². The van der Waals surface area contributed by atoms with Gasteiger partial charge in [0.05, 0.1) is 62.5 Å². The summed E-state index contributed by atoms with van der Waals surface area (Å²) in [6, 6.07) is 9.70. The molecule has 4 rings (SSSR count). The van der Waals surface area contributed by atoms with Gasteiger partial charge in [0.1, 0.15) is 37.4 Å². The van der Waals surface area contributed by atoms with Crippen molar-refractivity contribution in [3.05, 3.63) is 88.5 Å². The molecule has 0 spiro atoms. The Balaban J connectivity index is 1.45. The summed E-state index contributed by atoms with van der Waals surface area (Å²) >= 11 is 0. The van der Waals surface area contributed by atoms with E-state index in [0.29, 0.717) is 54.2 Å². The summed E-state index contributed by atoms with van der Waals surface area (Å²) in [5, 5.41) is 23.6. The molecular formula is C72H114N6O14. The highest BCUT2D eigenvalue weighted by molar-refractivity contribution is 5.92. The molecule has 92 heavy (non-hydrogen) atoms. The van der Waals surface area contributed by atoms with Gasteiger partial charge in [0.2, 0.25) is 23.6 Å². The van der Waals surface area contributed by atoms with E-state index in [-0.39, 0.29) is 74.7 Å². The zero-order valence-corrected chi connectivity index (χ0v) is 58.7. The van der Waals surface area contributed by atoms with Gasteiger partial charge in [-0.2, -0.15) is 0 Å². The number of amides is 5. The Bertz CT molecular complexity index is 2750. The predicted octanol–water partition coefficient (Wildman–Crippen LogP) is 10.5. The van der Waals surface area contributed by atoms with Crippen LogP contribution in [0.3, 0.4) is 0 Å². The highest BCUT2D eigenvalue weighted by Gasteiger charge is 2.45. The van der Waals surface area contributed by atoms with Crippen molar-refractivity contribution in [2.75, 3.05) is 60.2 Å². The van der Waals surface area contributed by atoms with Gasteiger partial charge in [-0.05, 0) is 124 Å². The molecule has 9 unspecified atom stereocenters. The van der Waals surface area contributed by atoms with Crippen LogP contribution in [0.4, 0.5) is 10.5 Å². The fraction of sp³-hybridized carbons (Fsp3) is 0.681. The third-order valence-electron chi connectivity index (χ3n) is 18.3. The van der Waals surface area contributed by atoms with E-state index in [4.69, 9.17) is 28.4 Å². The molecule has 5 amide bonds. The highest BCUT2D eigenvalue weighted by Crippen LogP contribution is 2.40. The van der Waals surface area contributed by atoms with Gasteiger partial charge in [0.15, 0.2) is 0 Å². The van der Waals surface area contributed by atoms with E-state index in [1.807, 2.05) is 65.8 Å². The van der Waals surface area contributed by atoms with E-state index in [2.05, 4.69) is 55.0 Å². The molecule has 0 aromatic heterocycles. The van der Waals surface area contributed by atoms with Crippen LogP contribution in [0, 0.1) is 35.5 Å². The second kappa shape index (κ2) is 38.2. The lowest BCUT2D eigenvalue weighted by atomic mass is 9.79. The summed E-state index contributed by atoms with van der Waals surface area (Å²) in [5.74, 6) is -4.06. The molecule has 1 fully saturated rings. The smallest absolute Gasteiger partial charge is 0.410 e. The van der Waals surface area contributed by atoms with Crippen molar-refractivity contribution in [2.24, 2.45) is 35.5 Å². The second-order valence-corrected chi connectivity index (χ2v) is 27.2. The molecule has 5 N–H and O–H groups in total.